The molecule has 1 atom stereocenters. The Kier molecular flexibility index (Phi) is 2.36. The highest BCUT2D eigenvalue weighted by Gasteiger charge is 2.35. The summed E-state index contributed by atoms with van der Waals surface area (Å²) in [4.78, 5) is 0. The number of halogens is 3. The van der Waals surface area contributed by atoms with Crippen molar-refractivity contribution in [1.82, 2.24) is 10.4 Å². The van der Waals surface area contributed by atoms with Gasteiger partial charge in [-0.25, -0.2) is 5.01 Å². The second kappa shape index (κ2) is 2.96. The Hall–Kier alpha value is -0.330. The Bertz CT molecular complexity index is 138. The minimum atomic E-state index is -4.52. The van der Waals surface area contributed by atoms with Crippen molar-refractivity contribution in [2.24, 2.45) is 0 Å². The lowest BCUT2D eigenvalue weighted by molar-refractivity contribution is -0.339. The normalized spacial score (nSPS) is 27.8. The highest BCUT2D eigenvalue weighted by molar-refractivity contribution is 4.70. The molecular weight excluding hydrogens is 161 g/mol. The molecule has 1 saturated heterocycles. The number of hydrogen-bond donors (Lipinski definition) is 1. The number of alkyl halides is 3. The molecule has 0 aromatic heterocycles. The van der Waals surface area contributed by atoms with Crippen LogP contribution in [0.2, 0.25) is 0 Å². The third-order valence-electron chi connectivity index (χ3n) is 1.37. The molecule has 66 valence electrons. The fourth-order valence-electron chi connectivity index (χ4n) is 0.960. The zero-order valence-electron chi connectivity index (χ0n) is 5.98. The predicted octanol–water partition coefficient (Wildman–Crippen LogP) is 0.341. The van der Waals surface area contributed by atoms with Crippen LogP contribution in [0.15, 0.2) is 0 Å². The lowest BCUT2D eigenvalue weighted by Gasteiger charge is -2.12. The largest absolute Gasteiger partial charge is 0.522 e. The third-order valence-corrected chi connectivity index (χ3v) is 1.37. The number of nitrogens with zero attached hydrogens (tertiary/aromatic N) is 1. The van der Waals surface area contributed by atoms with Crippen molar-refractivity contribution in [2.45, 2.75) is 12.5 Å². The van der Waals surface area contributed by atoms with E-state index in [-0.39, 0.29) is 13.1 Å². The SMILES string of the molecule is CN1CC(OC(F)(F)F)CN1. The molecule has 1 rings (SSSR count). The van der Waals surface area contributed by atoms with Crippen molar-refractivity contribution >= 4 is 0 Å². The van der Waals surface area contributed by atoms with E-state index in [0.717, 1.165) is 0 Å². The van der Waals surface area contributed by atoms with Crippen molar-refractivity contribution in [3.05, 3.63) is 0 Å². The summed E-state index contributed by atoms with van der Waals surface area (Å²) in [6.07, 6.45) is -5.29. The molecule has 1 aliphatic rings. The molecule has 0 radical (unpaired) electrons. The molecule has 6 heteroatoms. The van der Waals surface area contributed by atoms with Gasteiger partial charge in [-0.2, -0.15) is 0 Å². The summed E-state index contributed by atoms with van der Waals surface area (Å²) < 4.78 is 38.5. The first-order valence-corrected chi connectivity index (χ1v) is 3.16. The van der Waals surface area contributed by atoms with Gasteiger partial charge >= 0.3 is 6.36 Å². The summed E-state index contributed by atoms with van der Waals surface area (Å²) >= 11 is 0. The maximum Gasteiger partial charge on any atom is 0.522 e. The van der Waals surface area contributed by atoms with Gasteiger partial charge in [0.1, 0.15) is 0 Å². The van der Waals surface area contributed by atoms with Crippen LogP contribution in [0.4, 0.5) is 13.2 Å². The van der Waals surface area contributed by atoms with Gasteiger partial charge in [0.2, 0.25) is 0 Å². The summed E-state index contributed by atoms with van der Waals surface area (Å²) in [6.45, 7) is 0.482. The van der Waals surface area contributed by atoms with E-state index in [9.17, 15) is 13.2 Å². The van der Waals surface area contributed by atoms with Crippen molar-refractivity contribution in [3.63, 3.8) is 0 Å². The smallest absolute Gasteiger partial charge is 0.286 e. The number of hydrogen-bond acceptors (Lipinski definition) is 3. The van der Waals surface area contributed by atoms with E-state index < -0.39 is 12.5 Å². The summed E-state index contributed by atoms with van der Waals surface area (Å²) in [5.74, 6) is 0. The van der Waals surface area contributed by atoms with Gasteiger partial charge in [0.15, 0.2) is 0 Å². The standard InChI is InChI=1S/C5H9F3N2O/c1-10-3-4(2-9-10)11-5(6,7)8/h4,9H,2-3H2,1H3. The number of ether oxygens (including phenoxy) is 1. The van der Waals surface area contributed by atoms with Crippen molar-refractivity contribution in [3.8, 4) is 0 Å². The molecule has 11 heavy (non-hydrogen) atoms. The molecule has 0 amide bonds. The fraction of sp³-hybridized carbons (Fsp3) is 1.00. The van der Waals surface area contributed by atoms with E-state index in [4.69, 9.17) is 0 Å². The van der Waals surface area contributed by atoms with Crippen LogP contribution in [0.25, 0.3) is 0 Å². The molecule has 1 aliphatic heterocycles. The number of likely N-dealkylation sites (N-methyl/N-ethyl adjacent to an activating group) is 1. The molecule has 0 saturated carbocycles. The van der Waals surface area contributed by atoms with E-state index in [1.54, 1.807) is 12.1 Å². The molecular formula is C5H9F3N2O. The molecule has 0 aromatic rings. The van der Waals surface area contributed by atoms with Crippen LogP contribution in [0.3, 0.4) is 0 Å². The maximum atomic E-state index is 11.6. The molecule has 3 nitrogen and oxygen atoms in total. The fourth-order valence-corrected chi connectivity index (χ4v) is 0.960. The number of rotatable bonds is 1. The predicted molar refractivity (Wildman–Crippen MR) is 31.6 cm³/mol. The minimum absolute atomic E-state index is 0.218. The second-order valence-electron chi connectivity index (χ2n) is 2.43. The minimum Gasteiger partial charge on any atom is -0.286 e. The van der Waals surface area contributed by atoms with Crippen LogP contribution in [-0.4, -0.2) is 37.6 Å². The van der Waals surface area contributed by atoms with Crippen molar-refractivity contribution in [1.29, 1.82) is 0 Å². The number of hydrazine groups is 1. The van der Waals surface area contributed by atoms with Gasteiger partial charge in [-0.3, -0.25) is 10.2 Å². The Labute approximate surface area is 62.1 Å². The first-order chi connectivity index (χ1) is 4.97. The quantitative estimate of drug-likeness (QED) is 0.614. The Morgan fingerprint density at radius 2 is 2.18 bits per heavy atom. The second-order valence-corrected chi connectivity index (χ2v) is 2.43. The first-order valence-electron chi connectivity index (χ1n) is 3.16. The molecule has 1 unspecified atom stereocenters. The number of nitrogens with one attached hydrogen (secondary N) is 1. The highest BCUT2D eigenvalue weighted by atomic mass is 19.4. The lowest BCUT2D eigenvalue weighted by Crippen LogP contribution is -2.27. The first kappa shape index (κ1) is 8.76. The lowest BCUT2D eigenvalue weighted by atomic mass is 10.4. The van der Waals surface area contributed by atoms with Gasteiger partial charge in [-0.1, -0.05) is 0 Å². The Balaban J connectivity index is 2.29. The van der Waals surface area contributed by atoms with E-state index in [0.29, 0.717) is 0 Å². The van der Waals surface area contributed by atoms with E-state index in [1.807, 2.05) is 0 Å². The van der Waals surface area contributed by atoms with Crippen LogP contribution >= 0.6 is 0 Å². The van der Waals surface area contributed by atoms with Gasteiger partial charge < -0.3 is 0 Å². The molecule has 0 aromatic carbocycles. The van der Waals surface area contributed by atoms with Gasteiger partial charge in [0.05, 0.1) is 6.10 Å². The Morgan fingerprint density at radius 3 is 2.55 bits per heavy atom. The molecule has 1 fully saturated rings. The topological polar surface area (TPSA) is 24.5 Å². The van der Waals surface area contributed by atoms with Crippen LogP contribution in [0.5, 0.6) is 0 Å². The average Bonchev–Trinajstić information content (AvgIpc) is 2.10. The van der Waals surface area contributed by atoms with Crippen molar-refractivity contribution in [2.75, 3.05) is 20.1 Å². The van der Waals surface area contributed by atoms with E-state index in [1.165, 1.54) is 0 Å². The van der Waals surface area contributed by atoms with E-state index in [2.05, 4.69) is 10.2 Å². The summed E-state index contributed by atoms with van der Waals surface area (Å²) in [7, 11) is 1.67. The van der Waals surface area contributed by atoms with Crippen LogP contribution < -0.4 is 5.43 Å². The zero-order chi connectivity index (χ0) is 8.48. The van der Waals surface area contributed by atoms with Gasteiger partial charge in [-0.15, -0.1) is 13.2 Å². The summed E-state index contributed by atoms with van der Waals surface area (Å²) in [5.41, 5.74) is 2.70. The molecule has 1 heterocycles. The third kappa shape index (κ3) is 3.04. The van der Waals surface area contributed by atoms with E-state index >= 15 is 0 Å². The van der Waals surface area contributed by atoms with Gasteiger partial charge in [-0.05, 0) is 0 Å². The van der Waals surface area contributed by atoms with Gasteiger partial charge in [0.25, 0.3) is 0 Å². The summed E-state index contributed by atoms with van der Waals surface area (Å²) in [5, 5.41) is 1.57. The maximum absolute atomic E-state index is 11.6. The molecule has 0 spiro atoms. The summed E-state index contributed by atoms with van der Waals surface area (Å²) in [6, 6.07) is 0. The monoisotopic (exact) mass is 170 g/mol. The Morgan fingerprint density at radius 1 is 1.55 bits per heavy atom. The van der Waals surface area contributed by atoms with Crippen LogP contribution in [0, 0.1) is 0 Å². The van der Waals surface area contributed by atoms with Crippen LogP contribution in [-0.2, 0) is 4.74 Å². The molecule has 0 bridgehead atoms. The molecule has 0 aliphatic carbocycles. The van der Waals surface area contributed by atoms with Crippen LogP contribution in [0.1, 0.15) is 0 Å². The zero-order valence-corrected chi connectivity index (χ0v) is 5.98. The highest BCUT2D eigenvalue weighted by Crippen LogP contribution is 2.19. The average molecular weight is 170 g/mol. The van der Waals surface area contributed by atoms with Crippen molar-refractivity contribution < 1.29 is 17.9 Å². The molecule has 1 N–H and O–H groups in total. The van der Waals surface area contributed by atoms with Gasteiger partial charge in [0, 0.05) is 20.1 Å².